The maximum absolute atomic E-state index is 15.0. The van der Waals surface area contributed by atoms with Crippen molar-refractivity contribution in [2.24, 2.45) is 0 Å². The summed E-state index contributed by atoms with van der Waals surface area (Å²) in [5.74, 6) is -9.65. The van der Waals surface area contributed by atoms with Gasteiger partial charge in [0.15, 0.2) is 29.1 Å². The van der Waals surface area contributed by atoms with Gasteiger partial charge < -0.3 is 4.74 Å². The minimum atomic E-state index is -4.34. The lowest BCUT2D eigenvalue weighted by molar-refractivity contribution is -0.187. The van der Waals surface area contributed by atoms with Gasteiger partial charge in [-0.2, -0.15) is 8.78 Å². The Kier molecular flexibility index (Phi) is 7.12. The monoisotopic (exact) mass is 580 g/mol. The van der Waals surface area contributed by atoms with Gasteiger partial charge in [0.25, 0.3) is 0 Å². The third-order valence-electron chi connectivity index (χ3n) is 6.49. The molecule has 5 aromatic rings. The van der Waals surface area contributed by atoms with Gasteiger partial charge in [-0.25, -0.2) is 26.3 Å². The number of ether oxygens (including phenoxy) is 1. The molecule has 0 radical (unpaired) electrons. The second kappa shape index (κ2) is 10.3. The van der Waals surface area contributed by atoms with Crippen LogP contribution in [0.15, 0.2) is 60.7 Å². The Morgan fingerprint density at radius 1 is 0.675 bits per heavy atom. The van der Waals surface area contributed by atoms with Gasteiger partial charge >= 0.3 is 6.11 Å². The van der Waals surface area contributed by atoms with Gasteiger partial charge in [-0.05, 0) is 70.3 Å². The van der Waals surface area contributed by atoms with E-state index < -0.39 is 57.7 Å². The molecule has 0 bridgehead atoms. The summed E-state index contributed by atoms with van der Waals surface area (Å²) in [7, 11) is 0. The Morgan fingerprint density at radius 3 is 2.02 bits per heavy atom. The van der Waals surface area contributed by atoms with E-state index in [0.29, 0.717) is 23.6 Å². The Balaban J connectivity index is 1.47. The minimum Gasteiger partial charge on any atom is -0.429 e. The van der Waals surface area contributed by atoms with Crippen molar-refractivity contribution >= 4 is 33.1 Å². The predicted octanol–water partition coefficient (Wildman–Crippen LogP) is 10.2. The number of hydrogen-bond donors (Lipinski definition) is 0. The van der Waals surface area contributed by atoms with Crippen molar-refractivity contribution in [3.8, 4) is 16.9 Å². The van der Waals surface area contributed by atoms with E-state index in [1.54, 1.807) is 6.92 Å². The van der Waals surface area contributed by atoms with Gasteiger partial charge in [0.05, 0.1) is 10.4 Å². The van der Waals surface area contributed by atoms with Crippen molar-refractivity contribution in [2.45, 2.75) is 25.9 Å². The number of halogens is 9. The lowest BCUT2D eigenvalue weighted by Crippen LogP contribution is -2.24. The molecule has 40 heavy (non-hydrogen) atoms. The molecule has 0 heterocycles. The largest absolute Gasteiger partial charge is 0.429 e. The maximum Gasteiger partial charge on any atom is 0.429 e. The lowest BCUT2D eigenvalue weighted by atomic mass is 9.99. The molecule has 0 unspecified atom stereocenters. The van der Waals surface area contributed by atoms with Crippen LogP contribution >= 0.6 is 11.6 Å². The van der Waals surface area contributed by atoms with E-state index in [0.717, 1.165) is 18.2 Å². The fraction of sp³-hybridized carbons (Fsp3) is 0.133. The van der Waals surface area contributed by atoms with Crippen LogP contribution in [0.2, 0.25) is 5.02 Å². The normalized spacial score (nSPS) is 11.9. The number of benzene rings is 5. The van der Waals surface area contributed by atoms with Crippen molar-refractivity contribution in [1.29, 1.82) is 0 Å². The van der Waals surface area contributed by atoms with E-state index in [9.17, 15) is 26.3 Å². The van der Waals surface area contributed by atoms with E-state index in [2.05, 4.69) is 0 Å². The van der Waals surface area contributed by atoms with Crippen molar-refractivity contribution in [1.82, 2.24) is 0 Å². The summed E-state index contributed by atoms with van der Waals surface area (Å²) in [6.07, 6.45) is -3.54. The standard InChI is InChI=1S/C30H17ClF8O/c1-2-3-15-4-5-16-11-20(26(34)29(37)24(16)25(15)33)30(38,39)40-19-8-6-14(7-9-19)17-10-18-13-22(32)27(35)28(36)23(18)21(31)12-17/h4-13H,2-3H2,1H3. The molecule has 0 amide bonds. The Hall–Kier alpha value is -3.85. The summed E-state index contributed by atoms with van der Waals surface area (Å²) >= 11 is 6.09. The molecule has 10 heteroatoms. The summed E-state index contributed by atoms with van der Waals surface area (Å²) in [6, 6.07) is 11.5. The van der Waals surface area contributed by atoms with Crippen LogP contribution in [0, 0.1) is 34.9 Å². The molecule has 0 spiro atoms. The number of aryl methyl sites for hydroxylation is 1. The molecule has 5 aromatic carbocycles. The van der Waals surface area contributed by atoms with Gasteiger partial charge in [-0.3, -0.25) is 0 Å². The highest BCUT2D eigenvalue weighted by molar-refractivity contribution is 6.36. The van der Waals surface area contributed by atoms with E-state index in [4.69, 9.17) is 16.3 Å². The maximum atomic E-state index is 15.0. The number of alkyl halides is 2. The summed E-state index contributed by atoms with van der Waals surface area (Å²) < 4.78 is 121. The number of rotatable bonds is 6. The van der Waals surface area contributed by atoms with Gasteiger partial charge in [0.1, 0.15) is 17.1 Å². The zero-order valence-corrected chi connectivity index (χ0v) is 21.3. The quantitative estimate of drug-likeness (QED) is 0.143. The Morgan fingerprint density at radius 2 is 1.35 bits per heavy atom. The van der Waals surface area contributed by atoms with E-state index >= 15 is 8.78 Å². The van der Waals surface area contributed by atoms with Crippen LogP contribution in [0.25, 0.3) is 32.7 Å². The van der Waals surface area contributed by atoms with Crippen LogP contribution in [0.1, 0.15) is 24.5 Å². The first-order valence-electron chi connectivity index (χ1n) is 12.0. The molecular formula is C30H17ClF8O. The summed E-state index contributed by atoms with van der Waals surface area (Å²) in [4.78, 5) is 0. The van der Waals surface area contributed by atoms with Gasteiger partial charge in [-0.15, -0.1) is 0 Å². The topological polar surface area (TPSA) is 9.23 Å². The highest BCUT2D eigenvalue weighted by Gasteiger charge is 2.40. The van der Waals surface area contributed by atoms with E-state index in [-0.39, 0.29) is 33.2 Å². The molecule has 0 aliphatic carbocycles. The molecule has 0 atom stereocenters. The molecule has 0 aromatic heterocycles. The molecule has 0 saturated heterocycles. The zero-order chi connectivity index (χ0) is 28.9. The Bertz CT molecular complexity index is 1780. The molecule has 0 saturated carbocycles. The van der Waals surface area contributed by atoms with Crippen molar-refractivity contribution in [3.63, 3.8) is 0 Å². The summed E-state index contributed by atoms with van der Waals surface area (Å²) in [5, 5.41) is -1.54. The molecular weight excluding hydrogens is 564 g/mol. The molecule has 0 N–H and O–H groups in total. The number of fused-ring (bicyclic) bond motifs is 2. The van der Waals surface area contributed by atoms with Crippen molar-refractivity contribution in [3.05, 3.63) is 112 Å². The first kappa shape index (κ1) is 27.7. The summed E-state index contributed by atoms with van der Waals surface area (Å²) in [5.41, 5.74) is -0.583. The predicted molar refractivity (Wildman–Crippen MR) is 137 cm³/mol. The first-order valence-corrected chi connectivity index (χ1v) is 12.3. The molecule has 0 aliphatic heterocycles. The smallest absolute Gasteiger partial charge is 0.429 e. The fourth-order valence-corrected chi connectivity index (χ4v) is 4.88. The molecule has 1 nitrogen and oxygen atoms in total. The van der Waals surface area contributed by atoms with E-state index in [1.165, 1.54) is 36.4 Å². The van der Waals surface area contributed by atoms with Gasteiger partial charge in [0.2, 0.25) is 0 Å². The highest BCUT2D eigenvalue weighted by atomic mass is 35.5. The average Bonchev–Trinajstić information content (AvgIpc) is 2.90. The van der Waals surface area contributed by atoms with Crippen molar-refractivity contribution < 1.29 is 39.9 Å². The van der Waals surface area contributed by atoms with Crippen LogP contribution in [-0.4, -0.2) is 0 Å². The Labute approximate surface area is 227 Å². The summed E-state index contributed by atoms with van der Waals surface area (Å²) in [6.45, 7) is 1.77. The van der Waals surface area contributed by atoms with Gasteiger partial charge in [0, 0.05) is 5.39 Å². The van der Waals surface area contributed by atoms with E-state index in [1.807, 2.05) is 0 Å². The molecule has 206 valence electrons. The second-order valence-corrected chi connectivity index (χ2v) is 9.53. The first-order chi connectivity index (χ1) is 18.9. The van der Waals surface area contributed by atoms with Crippen LogP contribution in [0.4, 0.5) is 35.1 Å². The molecule has 5 rings (SSSR count). The van der Waals surface area contributed by atoms with Crippen molar-refractivity contribution in [2.75, 3.05) is 0 Å². The number of hydrogen-bond acceptors (Lipinski definition) is 1. The SMILES string of the molecule is CCCc1ccc2cc(C(F)(F)Oc3ccc(-c4cc(Cl)c5c(F)c(F)c(F)cc5c4)cc3)c(F)c(F)c2c1F. The van der Waals surface area contributed by atoms with Gasteiger partial charge in [-0.1, -0.05) is 49.2 Å². The third kappa shape index (κ3) is 4.72. The average molecular weight is 581 g/mol. The fourth-order valence-electron chi connectivity index (χ4n) is 4.57. The van der Waals surface area contributed by atoms with Crippen LogP contribution < -0.4 is 4.74 Å². The van der Waals surface area contributed by atoms with Crippen LogP contribution in [0.5, 0.6) is 5.75 Å². The third-order valence-corrected chi connectivity index (χ3v) is 6.79. The zero-order valence-electron chi connectivity index (χ0n) is 20.5. The van der Waals surface area contributed by atoms with Crippen LogP contribution in [0.3, 0.4) is 0 Å². The second-order valence-electron chi connectivity index (χ2n) is 9.12. The lowest BCUT2D eigenvalue weighted by Gasteiger charge is -2.20. The molecule has 0 aliphatic rings. The minimum absolute atomic E-state index is 0.0298. The van der Waals surface area contributed by atoms with Crippen LogP contribution in [-0.2, 0) is 12.5 Å². The molecule has 0 fully saturated rings. The highest BCUT2D eigenvalue weighted by Crippen LogP contribution is 2.39.